The molecule has 0 aliphatic heterocycles. The second-order valence-corrected chi connectivity index (χ2v) is 5.35. The molecule has 1 fully saturated rings. The molecule has 0 saturated heterocycles. The lowest BCUT2D eigenvalue weighted by molar-refractivity contribution is 0.460. The van der Waals surface area contributed by atoms with Crippen LogP contribution in [0.3, 0.4) is 0 Å². The third kappa shape index (κ3) is 3.11. The van der Waals surface area contributed by atoms with Crippen LogP contribution in [0.1, 0.15) is 37.7 Å². The van der Waals surface area contributed by atoms with Gasteiger partial charge in [-0.05, 0) is 36.8 Å². The Balaban J connectivity index is 2.00. The van der Waals surface area contributed by atoms with Crippen LogP contribution in [0.4, 0.5) is 5.82 Å². The van der Waals surface area contributed by atoms with Gasteiger partial charge in [-0.1, -0.05) is 25.3 Å². The average molecular weight is 239 g/mol. The van der Waals surface area contributed by atoms with Crippen molar-refractivity contribution in [1.82, 2.24) is 4.98 Å². The van der Waals surface area contributed by atoms with Gasteiger partial charge in [0.1, 0.15) is 5.82 Å². The summed E-state index contributed by atoms with van der Waals surface area (Å²) in [6, 6.07) is 4.04. The molecule has 0 bridgehead atoms. The second-order valence-electron chi connectivity index (χ2n) is 4.74. The van der Waals surface area contributed by atoms with Crippen molar-refractivity contribution in [3.8, 4) is 0 Å². The SMILES string of the molecule is Nc1ncccc1CC1CCCCC(Cl)C1. The summed E-state index contributed by atoms with van der Waals surface area (Å²) < 4.78 is 0. The zero-order valence-electron chi connectivity index (χ0n) is 9.53. The molecule has 2 nitrogen and oxygen atoms in total. The van der Waals surface area contributed by atoms with Crippen LogP contribution in [0.2, 0.25) is 0 Å². The fraction of sp³-hybridized carbons (Fsp3) is 0.615. The van der Waals surface area contributed by atoms with Gasteiger partial charge in [-0.15, -0.1) is 11.6 Å². The molecule has 0 aromatic carbocycles. The van der Waals surface area contributed by atoms with Crippen LogP contribution in [0.15, 0.2) is 18.3 Å². The number of halogens is 1. The lowest BCUT2D eigenvalue weighted by atomic mass is 9.92. The second kappa shape index (κ2) is 5.53. The Bertz CT molecular complexity index is 340. The van der Waals surface area contributed by atoms with E-state index in [1.165, 1.54) is 31.2 Å². The molecule has 0 radical (unpaired) electrons. The monoisotopic (exact) mass is 238 g/mol. The lowest BCUT2D eigenvalue weighted by Gasteiger charge is -2.16. The highest BCUT2D eigenvalue weighted by Gasteiger charge is 2.19. The van der Waals surface area contributed by atoms with E-state index >= 15 is 0 Å². The largest absolute Gasteiger partial charge is 0.383 e. The quantitative estimate of drug-likeness (QED) is 0.634. The summed E-state index contributed by atoms with van der Waals surface area (Å²) in [5.74, 6) is 1.36. The van der Waals surface area contributed by atoms with Gasteiger partial charge in [0.25, 0.3) is 0 Å². The maximum atomic E-state index is 6.27. The van der Waals surface area contributed by atoms with E-state index in [4.69, 9.17) is 17.3 Å². The van der Waals surface area contributed by atoms with E-state index in [0.29, 0.717) is 17.1 Å². The van der Waals surface area contributed by atoms with Gasteiger partial charge in [0.2, 0.25) is 0 Å². The van der Waals surface area contributed by atoms with E-state index in [1.807, 2.05) is 6.07 Å². The number of nitrogen functional groups attached to an aromatic ring is 1. The molecule has 16 heavy (non-hydrogen) atoms. The van der Waals surface area contributed by atoms with Crippen molar-refractivity contribution in [3.05, 3.63) is 23.9 Å². The molecule has 2 rings (SSSR count). The van der Waals surface area contributed by atoms with Crippen LogP contribution in [0, 0.1) is 5.92 Å². The van der Waals surface area contributed by atoms with Crippen molar-refractivity contribution in [3.63, 3.8) is 0 Å². The molecule has 1 heterocycles. The Kier molecular flexibility index (Phi) is 4.05. The van der Waals surface area contributed by atoms with E-state index < -0.39 is 0 Å². The minimum Gasteiger partial charge on any atom is -0.383 e. The number of pyridine rings is 1. The van der Waals surface area contributed by atoms with Gasteiger partial charge in [0, 0.05) is 11.6 Å². The van der Waals surface area contributed by atoms with Crippen molar-refractivity contribution in [2.75, 3.05) is 5.73 Å². The van der Waals surface area contributed by atoms with Crippen LogP contribution in [0.25, 0.3) is 0 Å². The van der Waals surface area contributed by atoms with Crippen LogP contribution >= 0.6 is 11.6 Å². The molecule has 0 amide bonds. The summed E-state index contributed by atoms with van der Waals surface area (Å²) in [5.41, 5.74) is 7.05. The van der Waals surface area contributed by atoms with Gasteiger partial charge >= 0.3 is 0 Å². The lowest BCUT2D eigenvalue weighted by Crippen LogP contribution is -2.10. The van der Waals surface area contributed by atoms with Gasteiger partial charge in [0.15, 0.2) is 0 Å². The number of nitrogens with two attached hydrogens (primary N) is 1. The summed E-state index contributed by atoms with van der Waals surface area (Å²) in [6.07, 6.45) is 8.91. The first-order chi connectivity index (χ1) is 7.75. The molecule has 88 valence electrons. The Hall–Kier alpha value is -0.760. The molecule has 0 spiro atoms. The van der Waals surface area contributed by atoms with Crippen LogP contribution in [0.5, 0.6) is 0 Å². The first-order valence-electron chi connectivity index (χ1n) is 6.09. The van der Waals surface area contributed by atoms with Crippen molar-refractivity contribution < 1.29 is 0 Å². The van der Waals surface area contributed by atoms with E-state index in [2.05, 4.69) is 11.1 Å². The van der Waals surface area contributed by atoms with Crippen molar-refractivity contribution in [1.29, 1.82) is 0 Å². The Labute approximate surface area is 102 Å². The maximum absolute atomic E-state index is 6.27. The Morgan fingerprint density at radius 3 is 3.00 bits per heavy atom. The summed E-state index contributed by atoms with van der Waals surface area (Å²) >= 11 is 6.27. The number of rotatable bonds is 2. The number of anilines is 1. The van der Waals surface area contributed by atoms with Crippen LogP contribution < -0.4 is 5.73 Å². The van der Waals surface area contributed by atoms with Crippen molar-refractivity contribution in [2.24, 2.45) is 5.92 Å². The highest BCUT2D eigenvalue weighted by molar-refractivity contribution is 6.20. The fourth-order valence-electron chi connectivity index (χ4n) is 2.52. The van der Waals surface area contributed by atoms with Gasteiger partial charge in [-0.25, -0.2) is 4.98 Å². The Morgan fingerprint density at radius 2 is 2.19 bits per heavy atom. The smallest absolute Gasteiger partial charge is 0.126 e. The summed E-state index contributed by atoms with van der Waals surface area (Å²) in [6.45, 7) is 0. The molecule has 1 aromatic rings. The van der Waals surface area contributed by atoms with Crippen molar-refractivity contribution >= 4 is 17.4 Å². The number of alkyl halides is 1. The summed E-state index contributed by atoms with van der Waals surface area (Å²) in [7, 11) is 0. The molecule has 1 aromatic heterocycles. The first kappa shape index (κ1) is 11.7. The summed E-state index contributed by atoms with van der Waals surface area (Å²) in [5, 5.41) is 0.352. The molecule has 2 N–H and O–H groups in total. The standard InChI is InChI=1S/C13H19ClN2/c14-12-6-2-1-4-10(9-12)8-11-5-3-7-16-13(11)15/h3,5,7,10,12H,1-2,4,6,8-9H2,(H2,15,16). The van der Waals surface area contributed by atoms with Gasteiger partial charge < -0.3 is 5.73 Å². The topological polar surface area (TPSA) is 38.9 Å². The number of aromatic nitrogens is 1. The van der Waals surface area contributed by atoms with Gasteiger partial charge in [0.05, 0.1) is 0 Å². The normalized spacial score (nSPS) is 26.3. The predicted molar refractivity (Wildman–Crippen MR) is 68.6 cm³/mol. The molecule has 2 unspecified atom stereocenters. The number of nitrogens with zero attached hydrogens (tertiary/aromatic N) is 1. The fourth-order valence-corrected chi connectivity index (χ4v) is 2.92. The third-order valence-corrected chi connectivity index (χ3v) is 3.80. The minimum absolute atomic E-state index is 0.352. The van der Waals surface area contributed by atoms with Gasteiger partial charge in [-0.2, -0.15) is 0 Å². The maximum Gasteiger partial charge on any atom is 0.126 e. The molecule has 3 heteroatoms. The van der Waals surface area contributed by atoms with E-state index in [-0.39, 0.29) is 0 Å². The molecule has 2 atom stereocenters. The first-order valence-corrected chi connectivity index (χ1v) is 6.53. The Morgan fingerprint density at radius 1 is 1.38 bits per heavy atom. The van der Waals surface area contributed by atoms with E-state index in [0.717, 1.165) is 12.8 Å². The summed E-state index contributed by atoms with van der Waals surface area (Å²) in [4.78, 5) is 4.13. The number of hydrogen-bond acceptors (Lipinski definition) is 2. The molecule has 1 aliphatic rings. The van der Waals surface area contributed by atoms with E-state index in [9.17, 15) is 0 Å². The zero-order valence-corrected chi connectivity index (χ0v) is 10.3. The van der Waals surface area contributed by atoms with E-state index in [1.54, 1.807) is 6.20 Å². The predicted octanol–water partition coefficient (Wildman–Crippen LogP) is 3.39. The zero-order chi connectivity index (χ0) is 11.4. The van der Waals surface area contributed by atoms with Crippen molar-refractivity contribution in [2.45, 2.75) is 43.9 Å². The molecular formula is C13H19ClN2. The molecule has 1 saturated carbocycles. The molecular weight excluding hydrogens is 220 g/mol. The minimum atomic E-state index is 0.352. The highest BCUT2D eigenvalue weighted by atomic mass is 35.5. The van der Waals surface area contributed by atoms with Crippen LogP contribution in [-0.4, -0.2) is 10.4 Å². The molecule has 1 aliphatic carbocycles. The average Bonchev–Trinajstić information content (AvgIpc) is 2.46. The third-order valence-electron chi connectivity index (χ3n) is 3.40. The van der Waals surface area contributed by atoms with Crippen LogP contribution in [-0.2, 0) is 6.42 Å². The number of hydrogen-bond donors (Lipinski definition) is 1. The highest BCUT2D eigenvalue weighted by Crippen LogP contribution is 2.29. The van der Waals surface area contributed by atoms with Gasteiger partial charge in [-0.3, -0.25) is 0 Å².